The second kappa shape index (κ2) is 12.3. The number of amides is 1. The summed E-state index contributed by atoms with van der Waals surface area (Å²) in [5.74, 6) is 0.183. The SMILES string of the molecule is CCC(Sc1nnc(C(C)Oc2ccccc2C(C)C)n1CC(C)C)C(=O)Nc1ccc(F)cc1F. The van der Waals surface area contributed by atoms with Crippen molar-refractivity contribution in [3.8, 4) is 5.75 Å². The van der Waals surface area contributed by atoms with Gasteiger partial charge in [0, 0.05) is 12.6 Å². The van der Waals surface area contributed by atoms with Crippen molar-refractivity contribution in [2.45, 2.75) is 76.9 Å². The Morgan fingerprint density at radius 1 is 1.08 bits per heavy atom. The number of nitrogens with zero attached hydrogens (tertiary/aromatic N) is 3. The van der Waals surface area contributed by atoms with Crippen LogP contribution in [0.3, 0.4) is 0 Å². The van der Waals surface area contributed by atoms with Crippen LogP contribution in [0.15, 0.2) is 47.6 Å². The van der Waals surface area contributed by atoms with Gasteiger partial charge in [0.1, 0.15) is 17.4 Å². The van der Waals surface area contributed by atoms with Crippen LogP contribution in [0.5, 0.6) is 5.75 Å². The van der Waals surface area contributed by atoms with E-state index in [1.54, 1.807) is 0 Å². The predicted octanol–water partition coefficient (Wildman–Crippen LogP) is 6.99. The van der Waals surface area contributed by atoms with Gasteiger partial charge in [0.05, 0.1) is 10.9 Å². The molecule has 0 bridgehead atoms. The Hall–Kier alpha value is -2.94. The Morgan fingerprint density at radius 2 is 1.81 bits per heavy atom. The number of halogens is 2. The zero-order valence-electron chi connectivity index (χ0n) is 21.6. The van der Waals surface area contributed by atoms with Crippen molar-refractivity contribution >= 4 is 23.4 Å². The molecular formula is C27H34F2N4O2S. The summed E-state index contributed by atoms with van der Waals surface area (Å²) >= 11 is 1.27. The van der Waals surface area contributed by atoms with Crippen LogP contribution in [-0.4, -0.2) is 25.9 Å². The minimum absolute atomic E-state index is 0.0596. The summed E-state index contributed by atoms with van der Waals surface area (Å²) in [5, 5.41) is 11.4. The maximum absolute atomic E-state index is 14.1. The smallest absolute Gasteiger partial charge is 0.238 e. The number of ether oxygens (including phenoxy) is 1. The molecule has 0 saturated heterocycles. The van der Waals surface area contributed by atoms with Gasteiger partial charge in [-0.25, -0.2) is 8.78 Å². The Balaban J connectivity index is 1.83. The standard InChI is InChI=1S/C27H34F2N4O2S/c1-7-24(26(34)30-22-13-12-19(28)14-21(22)29)36-27-32-31-25(33(27)15-16(2)3)18(6)35-23-11-9-8-10-20(23)17(4)5/h8-14,16-18,24H,7,15H2,1-6H3,(H,30,34). The van der Waals surface area contributed by atoms with Crippen molar-refractivity contribution in [1.29, 1.82) is 0 Å². The number of para-hydroxylation sites is 1. The monoisotopic (exact) mass is 516 g/mol. The summed E-state index contributed by atoms with van der Waals surface area (Å²) in [6.07, 6.45) is 0.115. The van der Waals surface area contributed by atoms with Gasteiger partial charge in [-0.3, -0.25) is 4.79 Å². The fourth-order valence-electron chi connectivity index (χ4n) is 3.79. The zero-order valence-corrected chi connectivity index (χ0v) is 22.4. The molecule has 3 aromatic rings. The predicted molar refractivity (Wildman–Crippen MR) is 139 cm³/mol. The quantitative estimate of drug-likeness (QED) is 0.278. The van der Waals surface area contributed by atoms with Crippen LogP contribution < -0.4 is 10.1 Å². The van der Waals surface area contributed by atoms with Crippen LogP contribution in [0.2, 0.25) is 0 Å². The van der Waals surface area contributed by atoms with E-state index >= 15 is 0 Å². The summed E-state index contributed by atoms with van der Waals surface area (Å²) in [6, 6.07) is 11.0. The van der Waals surface area contributed by atoms with Gasteiger partial charge in [0.15, 0.2) is 17.1 Å². The number of carbonyl (C=O) groups excluding carboxylic acids is 1. The third-order valence-corrected chi connectivity index (χ3v) is 6.95. The van der Waals surface area contributed by atoms with Gasteiger partial charge in [0.2, 0.25) is 5.91 Å². The average Bonchev–Trinajstić information content (AvgIpc) is 3.20. The summed E-state index contributed by atoms with van der Waals surface area (Å²) in [5.41, 5.74) is 1.06. The fourth-order valence-corrected chi connectivity index (χ4v) is 4.76. The third-order valence-electron chi connectivity index (χ3n) is 5.60. The molecular weight excluding hydrogens is 482 g/mol. The number of rotatable bonds is 11. The highest BCUT2D eigenvalue weighted by atomic mass is 32.2. The van der Waals surface area contributed by atoms with E-state index in [2.05, 4.69) is 49.3 Å². The van der Waals surface area contributed by atoms with Gasteiger partial charge in [-0.05, 0) is 48.9 Å². The molecule has 0 saturated carbocycles. The fraction of sp³-hybridized carbons (Fsp3) is 0.444. The Morgan fingerprint density at radius 3 is 2.44 bits per heavy atom. The van der Waals surface area contributed by atoms with Gasteiger partial charge in [-0.2, -0.15) is 0 Å². The van der Waals surface area contributed by atoms with Gasteiger partial charge in [-0.1, -0.05) is 64.6 Å². The number of aromatic nitrogens is 3. The molecule has 3 rings (SSSR count). The lowest BCUT2D eigenvalue weighted by molar-refractivity contribution is -0.115. The molecule has 0 aliphatic carbocycles. The lowest BCUT2D eigenvalue weighted by atomic mass is 10.0. The third kappa shape index (κ3) is 6.84. The van der Waals surface area contributed by atoms with Gasteiger partial charge >= 0.3 is 0 Å². The first-order valence-corrected chi connectivity index (χ1v) is 13.1. The summed E-state index contributed by atoms with van der Waals surface area (Å²) in [7, 11) is 0. The molecule has 2 unspecified atom stereocenters. The second-order valence-electron chi connectivity index (χ2n) is 9.43. The second-order valence-corrected chi connectivity index (χ2v) is 10.6. The normalized spacial score (nSPS) is 13.2. The molecule has 1 N–H and O–H groups in total. The number of hydrogen-bond donors (Lipinski definition) is 1. The van der Waals surface area contributed by atoms with E-state index < -0.39 is 16.9 Å². The van der Waals surface area contributed by atoms with E-state index in [-0.39, 0.29) is 17.7 Å². The van der Waals surface area contributed by atoms with E-state index in [0.29, 0.717) is 35.8 Å². The number of carbonyl (C=O) groups is 1. The maximum Gasteiger partial charge on any atom is 0.238 e. The van der Waals surface area contributed by atoms with Crippen LogP contribution >= 0.6 is 11.8 Å². The first kappa shape index (κ1) is 27.6. The molecule has 0 spiro atoms. The highest BCUT2D eigenvalue weighted by Crippen LogP contribution is 2.32. The Kier molecular flexibility index (Phi) is 9.48. The summed E-state index contributed by atoms with van der Waals surface area (Å²) in [4.78, 5) is 12.9. The van der Waals surface area contributed by atoms with E-state index in [1.165, 1.54) is 17.8 Å². The zero-order chi connectivity index (χ0) is 26.4. The van der Waals surface area contributed by atoms with Crippen molar-refractivity contribution < 1.29 is 18.3 Å². The highest BCUT2D eigenvalue weighted by molar-refractivity contribution is 8.00. The first-order valence-electron chi connectivity index (χ1n) is 12.2. The van der Waals surface area contributed by atoms with Crippen molar-refractivity contribution in [3.63, 3.8) is 0 Å². The van der Waals surface area contributed by atoms with Crippen molar-refractivity contribution in [3.05, 3.63) is 65.5 Å². The molecule has 1 amide bonds. The molecule has 194 valence electrons. The number of benzene rings is 2. The van der Waals surface area contributed by atoms with E-state index in [9.17, 15) is 13.6 Å². The van der Waals surface area contributed by atoms with Crippen molar-refractivity contribution in [2.75, 3.05) is 5.32 Å². The first-order chi connectivity index (χ1) is 17.1. The van der Waals surface area contributed by atoms with Gasteiger partial charge in [-0.15, -0.1) is 10.2 Å². The molecule has 6 nitrogen and oxygen atoms in total. The summed E-state index contributed by atoms with van der Waals surface area (Å²) < 4.78 is 35.6. The van der Waals surface area contributed by atoms with Crippen LogP contribution in [0, 0.1) is 17.6 Å². The molecule has 1 aromatic heterocycles. The minimum atomic E-state index is -0.818. The van der Waals surface area contributed by atoms with Crippen LogP contribution in [0.1, 0.15) is 71.4 Å². The maximum atomic E-state index is 14.1. The van der Waals surface area contributed by atoms with Crippen molar-refractivity contribution in [2.24, 2.45) is 5.92 Å². The molecule has 9 heteroatoms. The molecule has 0 fully saturated rings. The van der Waals surface area contributed by atoms with E-state index in [4.69, 9.17) is 4.74 Å². The molecule has 36 heavy (non-hydrogen) atoms. The number of anilines is 1. The average molecular weight is 517 g/mol. The molecule has 0 aliphatic heterocycles. The minimum Gasteiger partial charge on any atom is -0.482 e. The van der Waals surface area contributed by atoms with Crippen LogP contribution in [-0.2, 0) is 11.3 Å². The topological polar surface area (TPSA) is 69.0 Å². The van der Waals surface area contributed by atoms with Crippen LogP contribution in [0.25, 0.3) is 0 Å². The summed E-state index contributed by atoms with van der Waals surface area (Å²) in [6.45, 7) is 12.9. The van der Waals surface area contributed by atoms with Gasteiger partial charge < -0.3 is 14.6 Å². The van der Waals surface area contributed by atoms with Crippen LogP contribution in [0.4, 0.5) is 14.5 Å². The Labute approximate surface area is 215 Å². The number of hydrogen-bond acceptors (Lipinski definition) is 5. The van der Waals surface area contributed by atoms with E-state index in [0.717, 1.165) is 23.4 Å². The lowest BCUT2D eigenvalue weighted by Crippen LogP contribution is -2.26. The lowest BCUT2D eigenvalue weighted by Gasteiger charge is -2.21. The Bertz CT molecular complexity index is 1180. The molecule has 2 aromatic carbocycles. The molecule has 0 aliphatic rings. The van der Waals surface area contributed by atoms with E-state index in [1.807, 2.05) is 36.6 Å². The molecule has 1 heterocycles. The van der Waals surface area contributed by atoms with Crippen molar-refractivity contribution in [1.82, 2.24) is 14.8 Å². The van der Waals surface area contributed by atoms with Gasteiger partial charge in [0.25, 0.3) is 0 Å². The molecule has 0 radical (unpaired) electrons. The number of nitrogens with one attached hydrogen (secondary N) is 1. The molecule has 2 atom stereocenters. The largest absolute Gasteiger partial charge is 0.482 e. The highest BCUT2D eigenvalue weighted by Gasteiger charge is 2.26. The number of thioether (sulfide) groups is 1.